The van der Waals surface area contributed by atoms with Crippen molar-refractivity contribution in [2.24, 2.45) is 0 Å². The molecule has 0 saturated heterocycles. The maximum absolute atomic E-state index is 12.3. The average molecular weight is 326 g/mol. The van der Waals surface area contributed by atoms with Crippen LogP contribution in [0.4, 0.5) is 11.4 Å². The lowest BCUT2D eigenvalue weighted by Crippen LogP contribution is -2.30. The van der Waals surface area contributed by atoms with Gasteiger partial charge in [0.1, 0.15) is 11.0 Å². The lowest BCUT2D eigenvalue weighted by molar-refractivity contribution is -0.114. The molecule has 0 saturated carbocycles. The molecule has 5 nitrogen and oxygen atoms in total. The van der Waals surface area contributed by atoms with Crippen molar-refractivity contribution in [1.82, 2.24) is 8.75 Å². The fourth-order valence-corrected chi connectivity index (χ4v) is 3.12. The van der Waals surface area contributed by atoms with Gasteiger partial charge in [0.2, 0.25) is 5.91 Å². The molecular weight excluding hydrogens is 308 g/mol. The Hall–Kier alpha value is -2.47. The second kappa shape index (κ2) is 6.34. The van der Waals surface area contributed by atoms with Gasteiger partial charge in [-0.05, 0) is 49.2 Å². The Balaban J connectivity index is 1.73. The maximum atomic E-state index is 12.3. The number of fused-ring (bicyclic) bond motifs is 1. The molecule has 0 fully saturated rings. The average Bonchev–Trinajstić information content (AvgIpc) is 2.95. The van der Waals surface area contributed by atoms with Gasteiger partial charge >= 0.3 is 0 Å². The minimum Gasteiger partial charge on any atom is -0.365 e. The van der Waals surface area contributed by atoms with E-state index in [4.69, 9.17) is 0 Å². The molecule has 1 heterocycles. The van der Waals surface area contributed by atoms with E-state index in [0.29, 0.717) is 5.69 Å². The summed E-state index contributed by atoms with van der Waals surface area (Å²) in [6.07, 6.45) is 0. The number of benzene rings is 2. The normalized spacial score (nSPS) is 10.7. The van der Waals surface area contributed by atoms with Crippen LogP contribution in [0.15, 0.2) is 36.4 Å². The van der Waals surface area contributed by atoms with E-state index >= 15 is 0 Å². The van der Waals surface area contributed by atoms with Crippen LogP contribution in [0.25, 0.3) is 11.0 Å². The van der Waals surface area contributed by atoms with Crippen molar-refractivity contribution in [3.63, 3.8) is 0 Å². The SMILES string of the molecule is Cc1cc(C)cc(N(C)CC(=O)Nc2cccc3nsnc23)c1. The van der Waals surface area contributed by atoms with Gasteiger partial charge in [-0.1, -0.05) is 12.1 Å². The van der Waals surface area contributed by atoms with E-state index in [1.54, 1.807) is 0 Å². The number of likely N-dealkylation sites (N-methyl/N-ethyl adjacent to an activating group) is 1. The van der Waals surface area contributed by atoms with E-state index in [9.17, 15) is 4.79 Å². The van der Waals surface area contributed by atoms with Crippen molar-refractivity contribution in [1.29, 1.82) is 0 Å². The van der Waals surface area contributed by atoms with Crippen LogP contribution in [0, 0.1) is 13.8 Å². The highest BCUT2D eigenvalue weighted by Gasteiger charge is 2.11. The Morgan fingerprint density at radius 3 is 2.65 bits per heavy atom. The monoisotopic (exact) mass is 326 g/mol. The minimum atomic E-state index is -0.0767. The predicted octanol–water partition coefficient (Wildman–Crippen LogP) is 3.38. The van der Waals surface area contributed by atoms with Crippen LogP contribution >= 0.6 is 11.7 Å². The first kappa shape index (κ1) is 15.4. The second-order valence-electron chi connectivity index (χ2n) is 5.69. The van der Waals surface area contributed by atoms with Crippen molar-refractivity contribution in [2.75, 3.05) is 23.8 Å². The van der Waals surface area contributed by atoms with Gasteiger partial charge in [-0.15, -0.1) is 0 Å². The highest BCUT2D eigenvalue weighted by atomic mass is 32.1. The number of hydrogen-bond acceptors (Lipinski definition) is 5. The van der Waals surface area contributed by atoms with E-state index in [0.717, 1.165) is 28.4 Å². The van der Waals surface area contributed by atoms with E-state index < -0.39 is 0 Å². The molecule has 0 unspecified atom stereocenters. The Bertz CT molecular complexity index is 838. The molecule has 0 aliphatic rings. The van der Waals surface area contributed by atoms with Crippen LogP contribution in [0.2, 0.25) is 0 Å². The first-order valence-electron chi connectivity index (χ1n) is 7.33. The van der Waals surface area contributed by atoms with Crippen LogP contribution in [-0.4, -0.2) is 28.2 Å². The van der Waals surface area contributed by atoms with Crippen molar-refractivity contribution in [2.45, 2.75) is 13.8 Å². The zero-order chi connectivity index (χ0) is 16.4. The van der Waals surface area contributed by atoms with Crippen molar-refractivity contribution >= 4 is 40.0 Å². The third kappa shape index (κ3) is 3.48. The van der Waals surface area contributed by atoms with Gasteiger partial charge in [0.15, 0.2) is 0 Å². The molecule has 0 aliphatic carbocycles. The zero-order valence-corrected chi connectivity index (χ0v) is 14.1. The zero-order valence-electron chi connectivity index (χ0n) is 13.3. The molecule has 0 bridgehead atoms. The van der Waals surface area contributed by atoms with Gasteiger partial charge in [0.05, 0.1) is 24.0 Å². The molecule has 1 aromatic heterocycles. The maximum Gasteiger partial charge on any atom is 0.243 e. The summed E-state index contributed by atoms with van der Waals surface area (Å²) in [4.78, 5) is 14.3. The van der Waals surface area contributed by atoms with Crippen LogP contribution in [0.3, 0.4) is 0 Å². The molecule has 1 amide bonds. The molecule has 3 rings (SSSR count). The number of aryl methyl sites for hydroxylation is 2. The second-order valence-corrected chi connectivity index (χ2v) is 6.22. The highest BCUT2D eigenvalue weighted by molar-refractivity contribution is 7.00. The summed E-state index contributed by atoms with van der Waals surface area (Å²) >= 11 is 1.15. The molecule has 6 heteroatoms. The number of rotatable bonds is 4. The van der Waals surface area contributed by atoms with Crippen LogP contribution < -0.4 is 10.2 Å². The van der Waals surface area contributed by atoms with Crippen LogP contribution in [-0.2, 0) is 4.79 Å². The highest BCUT2D eigenvalue weighted by Crippen LogP contribution is 2.21. The molecule has 23 heavy (non-hydrogen) atoms. The number of hydrogen-bond donors (Lipinski definition) is 1. The summed E-state index contributed by atoms with van der Waals surface area (Å²) in [6, 6.07) is 11.9. The molecule has 2 aromatic carbocycles. The quantitative estimate of drug-likeness (QED) is 0.798. The third-order valence-corrected chi connectivity index (χ3v) is 4.13. The number of amides is 1. The predicted molar refractivity (Wildman–Crippen MR) is 95.2 cm³/mol. The van der Waals surface area contributed by atoms with Gasteiger partial charge in [-0.25, -0.2) is 0 Å². The van der Waals surface area contributed by atoms with Gasteiger partial charge in [0.25, 0.3) is 0 Å². The van der Waals surface area contributed by atoms with E-state index in [1.807, 2.05) is 30.1 Å². The van der Waals surface area contributed by atoms with E-state index in [-0.39, 0.29) is 12.5 Å². The fraction of sp³-hybridized carbons (Fsp3) is 0.235. The van der Waals surface area contributed by atoms with Crippen LogP contribution in [0.5, 0.6) is 0 Å². The molecule has 118 valence electrons. The fourth-order valence-electron chi connectivity index (χ4n) is 2.57. The molecular formula is C17H18N4OS. The van der Waals surface area contributed by atoms with Crippen molar-refractivity contribution in [3.8, 4) is 0 Å². The topological polar surface area (TPSA) is 58.1 Å². The van der Waals surface area contributed by atoms with Crippen molar-refractivity contribution in [3.05, 3.63) is 47.5 Å². The van der Waals surface area contributed by atoms with E-state index in [2.05, 4.69) is 46.1 Å². The van der Waals surface area contributed by atoms with Crippen molar-refractivity contribution < 1.29 is 4.79 Å². The standard InChI is InChI=1S/C17H18N4OS/c1-11-7-12(2)9-13(8-11)21(3)10-16(22)18-14-5-4-6-15-17(14)20-23-19-15/h4-9H,10H2,1-3H3,(H,18,22). The Morgan fingerprint density at radius 2 is 1.91 bits per heavy atom. The largest absolute Gasteiger partial charge is 0.365 e. The van der Waals surface area contributed by atoms with E-state index in [1.165, 1.54) is 11.1 Å². The number of anilines is 2. The number of carbonyl (C=O) groups excluding carboxylic acids is 1. The summed E-state index contributed by atoms with van der Waals surface area (Å²) in [5.74, 6) is -0.0767. The number of aromatic nitrogens is 2. The summed E-state index contributed by atoms with van der Waals surface area (Å²) < 4.78 is 8.42. The van der Waals surface area contributed by atoms with Gasteiger partial charge in [0, 0.05) is 12.7 Å². The molecule has 0 aliphatic heterocycles. The lowest BCUT2D eigenvalue weighted by atomic mass is 10.1. The number of carbonyl (C=O) groups is 1. The molecule has 0 radical (unpaired) electrons. The summed E-state index contributed by atoms with van der Waals surface area (Å²) in [5.41, 5.74) is 5.65. The number of nitrogens with one attached hydrogen (secondary N) is 1. The molecule has 1 N–H and O–H groups in total. The van der Waals surface area contributed by atoms with Gasteiger partial charge < -0.3 is 10.2 Å². The van der Waals surface area contributed by atoms with Gasteiger partial charge in [-0.3, -0.25) is 4.79 Å². The Labute approximate surface area is 139 Å². The summed E-state index contributed by atoms with van der Waals surface area (Å²) in [7, 11) is 1.92. The van der Waals surface area contributed by atoms with Gasteiger partial charge in [-0.2, -0.15) is 8.75 Å². The minimum absolute atomic E-state index is 0.0767. The van der Waals surface area contributed by atoms with Crippen LogP contribution in [0.1, 0.15) is 11.1 Å². The first-order chi connectivity index (χ1) is 11.0. The Morgan fingerprint density at radius 1 is 1.17 bits per heavy atom. The summed E-state index contributed by atoms with van der Waals surface area (Å²) in [6.45, 7) is 4.39. The first-order valence-corrected chi connectivity index (χ1v) is 8.06. The smallest absolute Gasteiger partial charge is 0.243 e. The molecule has 3 aromatic rings. The Kier molecular flexibility index (Phi) is 4.25. The summed E-state index contributed by atoms with van der Waals surface area (Å²) in [5, 5.41) is 2.92. The lowest BCUT2D eigenvalue weighted by Gasteiger charge is -2.20. The molecule has 0 atom stereocenters. The molecule has 0 spiro atoms. The number of nitrogens with zero attached hydrogens (tertiary/aromatic N) is 3. The third-order valence-electron chi connectivity index (χ3n) is 3.59.